The molecule has 1 N–H and O–H groups in total. The predicted octanol–water partition coefficient (Wildman–Crippen LogP) is 3.70. The minimum atomic E-state index is 0.342. The van der Waals surface area contributed by atoms with E-state index < -0.39 is 0 Å². The first-order valence-corrected chi connectivity index (χ1v) is 8.66. The van der Waals surface area contributed by atoms with Gasteiger partial charge >= 0.3 is 0 Å². The highest BCUT2D eigenvalue weighted by atomic mass is 35.5. The first-order valence-electron chi connectivity index (χ1n) is 8.28. The van der Waals surface area contributed by atoms with Gasteiger partial charge in [-0.1, -0.05) is 17.7 Å². The second-order valence-electron chi connectivity index (χ2n) is 6.53. The van der Waals surface area contributed by atoms with Crippen LogP contribution in [0.1, 0.15) is 36.9 Å². The summed E-state index contributed by atoms with van der Waals surface area (Å²) in [6, 6.07) is 7.26. The van der Waals surface area contributed by atoms with E-state index in [1.54, 1.807) is 0 Å². The van der Waals surface area contributed by atoms with Crippen LogP contribution in [0.25, 0.3) is 0 Å². The SMILES string of the molecule is Cc1ccc(N2CCC(N[C@@H](C)c3cnn(C)c3)CC2)cc1Cl. The van der Waals surface area contributed by atoms with Crippen LogP contribution in [-0.4, -0.2) is 28.9 Å². The van der Waals surface area contributed by atoms with Gasteiger partial charge in [0.15, 0.2) is 0 Å². The minimum Gasteiger partial charge on any atom is -0.371 e. The molecule has 1 aromatic carbocycles. The van der Waals surface area contributed by atoms with Crippen LogP contribution < -0.4 is 10.2 Å². The van der Waals surface area contributed by atoms with Gasteiger partial charge in [-0.15, -0.1) is 0 Å². The summed E-state index contributed by atoms with van der Waals surface area (Å²) >= 11 is 6.25. The Kier molecular flexibility index (Phi) is 4.93. The Hall–Kier alpha value is -1.52. The molecule has 2 heterocycles. The number of benzene rings is 1. The summed E-state index contributed by atoms with van der Waals surface area (Å²) in [6.07, 6.45) is 6.33. The average Bonchev–Trinajstić information content (AvgIpc) is 2.97. The Labute approximate surface area is 143 Å². The van der Waals surface area contributed by atoms with Gasteiger partial charge in [0.25, 0.3) is 0 Å². The number of rotatable bonds is 4. The maximum absolute atomic E-state index is 6.25. The molecule has 1 fully saturated rings. The number of anilines is 1. The molecule has 4 nitrogen and oxygen atoms in total. The molecule has 1 aliphatic heterocycles. The molecule has 1 aromatic heterocycles. The molecule has 0 aliphatic carbocycles. The Bertz CT molecular complexity index is 659. The van der Waals surface area contributed by atoms with Crippen LogP contribution in [-0.2, 0) is 7.05 Å². The lowest BCUT2D eigenvalue weighted by Gasteiger charge is -2.35. The molecular weight excluding hydrogens is 308 g/mol. The van der Waals surface area contributed by atoms with Gasteiger partial charge in [0.05, 0.1) is 6.20 Å². The summed E-state index contributed by atoms with van der Waals surface area (Å²) in [5, 5.41) is 8.84. The van der Waals surface area contributed by atoms with Crippen LogP contribution in [0.15, 0.2) is 30.6 Å². The van der Waals surface area contributed by atoms with Gasteiger partial charge in [0, 0.05) is 54.7 Å². The minimum absolute atomic E-state index is 0.342. The summed E-state index contributed by atoms with van der Waals surface area (Å²) in [6.45, 7) is 6.39. The highest BCUT2D eigenvalue weighted by Gasteiger charge is 2.21. The summed E-state index contributed by atoms with van der Waals surface area (Å²) in [5.74, 6) is 0. The van der Waals surface area contributed by atoms with Crippen LogP contribution in [0.5, 0.6) is 0 Å². The van der Waals surface area contributed by atoms with Crippen molar-refractivity contribution < 1.29 is 0 Å². The van der Waals surface area contributed by atoms with E-state index in [9.17, 15) is 0 Å². The second-order valence-corrected chi connectivity index (χ2v) is 6.94. The lowest BCUT2D eigenvalue weighted by molar-refractivity contribution is 0.381. The fourth-order valence-electron chi connectivity index (χ4n) is 3.20. The van der Waals surface area contributed by atoms with E-state index in [4.69, 9.17) is 11.6 Å². The third-order valence-corrected chi connectivity index (χ3v) is 5.13. The molecule has 0 amide bonds. The van der Waals surface area contributed by atoms with E-state index in [-0.39, 0.29) is 0 Å². The lowest BCUT2D eigenvalue weighted by atomic mass is 10.0. The Morgan fingerprint density at radius 1 is 1.30 bits per heavy atom. The van der Waals surface area contributed by atoms with Crippen molar-refractivity contribution in [1.82, 2.24) is 15.1 Å². The van der Waals surface area contributed by atoms with E-state index in [1.807, 2.05) is 24.9 Å². The summed E-state index contributed by atoms with van der Waals surface area (Å²) in [4.78, 5) is 2.43. The number of aromatic nitrogens is 2. The maximum Gasteiger partial charge on any atom is 0.0537 e. The standard InChI is InChI=1S/C18H25ClN4/c1-13-4-5-17(10-18(13)19)23-8-6-16(7-9-23)21-14(2)15-11-20-22(3)12-15/h4-5,10-12,14,16,21H,6-9H2,1-3H3/t14-/m0/s1. The van der Waals surface area contributed by atoms with E-state index in [2.05, 4.69) is 46.6 Å². The third-order valence-electron chi connectivity index (χ3n) is 4.73. The number of piperidine rings is 1. The number of nitrogens with one attached hydrogen (secondary N) is 1. The van der Waals surface area contributed by atoms with Crippen LogP contribution >= 0.6 is 11.6 Å². The van der Waals surface area contributed by atoms with Crippen LogP contribution in [0.2, 0.25) is 5.02 Å². The number of aryl methyl sites for hydroxylation is 2. The Morgan fingerprint density at radius 3 is 2.65 bits per heavy atom. The Balaban J connectivity index is 1.54. The summed E-state index contributed by atoms with van der Waals surface area (Å²) < 4.78 is 1.86. The molecule has 3 rings (SSSR count). The van der Waals surface area contributed by atoms with Crippen molar-refractivity contribution in [3.63, 3.8) is 0 Å². The molecule has 23 heavy (non-hydrogen) atoms. The fraction of sp³-hybridized carbons (Fsp3) is 0.500. The normalized spacial score (nSPS) is 17.5. The van der Waals surface area contributed by atoms with Crippen molar-refractivity contribution in [3.05, 3.63) is 46.7 Å². The van der Waals surface area contributed by atoms with Crippen molar-refractivity contribution in [3.8, 4) is 0 Å². The van der Waals surface area contributed by atoms with E-state index >= 15 is 0 Å². The first kappa shape index (κ1) is 16.3. The molecule has 1 saturated heterocycles. The molecule has 1 atom stereocenters. The van der Waals surface area contributed by atoms with Crippen LogP contribution in [0, 0.1) is 6.92 Å². The van der Waals surface area contributed by atoms with Gasteiger partial charge in [-0.2, -0.15) is 5.10 Å². The highest BCUT2D eigenvalue weighted by molar-refractivity contribution is 6.31. The molecular formula is C18H25ClN4. The predicted molar refractivity (Wildman–Crippen MR) is 96.2 cm³/mol. The van der Waals surface area contributed by atoms with Crippen molar-refractivity contribution in [2.45, 2.75) is 38.8 Å². The molecule has 0 spiro atoms. The molecule has 2 aromatic rings. The lowest BCUT2D eigenvalue weighted by Crippen LogP contribution is -2.43. The Morgan fingerprint density at radius 2 is 2.04 bits per heavy atom. The summed E-state index contributed by atoms with van der Waals surface area (Å²) in [5.41, 5.74) is 3.62. The van der Waals surface area contributed by atoms with Crippen molar-refractivity contribution in [1.29, 1.82) is 0 Å². The molecule has 5 heteroatoms. The maximum atomic E-state index is 6.25. The molecule has 0 radical (unpaired) electrons. The first-order chi connectivity index (χ1) is 11.0. The zero-order valence-corrected chi connectivity index (χ0v) is 14.8. The van der Waals surface area contributed by atoms with Crippen LogP contribution in [0.4, 0.5) is 5.69 Å². The number of nitrogens with zero attached hydrogens (tertiary/aromatic N) is 3. The smallest absolute Gasteiger partial charge is 0.0537 e. The quantitative estimate of drug-likeness (QED) is 0.926. The molecule has 0 unspecified atom stereocenters. The van der Waals surface area contributed by atoms with Crippen molar-refractivity contribution in [2.75, 3.05) is 18.0 Å². The average molecular weight is 333 g/mol. The molecule has 0 saturated carbocycles. The molecule has 124 valence electrons. The number of hydrogen-bond acceptors (Lipinski definition) is 3. The van der Waals surface area contributed by atoms with E-state index in [0.717, 1.165) is 36.5 Å². The van der Waals surface area contributed by atoms with Gasteiger partial charge < -0.3 is 10.2 Å². The van der Waals surface area contributed by atoms with Gasteiger partial charge in [-0.05, 0) is 44.4 Å². The third kappa shape index (κ3) is 3.88. The van der Waals surface area contributed by atoms with Gasteiger partial charge in [-0.25, -0.2) is 0 Å². The zero-order chi connectivity index (χ0) is 16.4. The van der Waals surface area contributed by atoms with E-state index in [0.29, 0.717) is 12.1 Å². The largest absolute Gasteiger partial charge is 0.371 e. The molecule has 0 bridgehead atoms. The number of hydrogen-bond donors (Lipinski definition) is 1. The van der Waals surface area contributed by atoms with E-state index in [1.165, 1.54) is 11.3 Å². The van der Waals surface area contributed by atoms with Gasteiger partial charge in [-0.3, -0.25) is 4.68 Å². The van der Waals surface area contributed by atoms with Crippen LogP contribution in [0.3, 0.4) is 0 Å². The fourth-order valence-corrected chi connectivity index (χ4v) is 3.37. The monoisotopic (exact) mass is 332 g/mol. The highest BCUT2D eigenvalue weighted by Crippen LogP contribution is 2.26. The second kappa shape index (κ2) is 6.93. The van der Waals surface area contributed by atoms with Gasteiger partial charge in [0.2, 0.25) is 0 Å². The van der Waals surface area contributed by atoms with Crippen molar-refractivity contribution in [2.24, 2.45) is 7.05 Å². The topological polar surface area (TPSA) is 33.1 Å². The van der Waals surface area contributed by atoms with Gasteiger partial charge in [0.1, 0.15) is 0 Å². The van der Waals surface area contributed by atoms with Crippen molar-refractivity contribution >= 4 is 17.3 Å². The summed E-state index contributed by atoms with van der Waals surface area (Å²) in [7, 11) is 1.96. The number of halogens is 1. The zero-order valence-electron chi connectivity index (χ0n) is 14.1. The molecule has 1 aliphatic rings.